The summed E-state index contributed by atoms with van der Waals surface area (Å²) in [5.41, 5.74) is 10.5. The molecular weight excluding hydrogens is 268 g/mol. The van der Waals surface area contributed by atoms with Crippen LogP contribution in [0.5, 0.6) is 11.5 Å². The van der Waals surface area contributed by atoms with E-state index in [4.69, 9.17) is 21.1 Å². The minimum Gasteiger partial charge on any atom is -0.486 e. The smallest absolute Gasteiger partial charge is 0.161 e. The van der Waals surface area contributed by atoms with Crippen molar-refractivity contribution in [3.8, 4) is 11.5 Å². The van der Waals surface area contributed by atoms with Gasteiger partial charge in [0, 0.05) is 11.8 Å². The Bertz CT molecular complexity index is 647. The van der Waals surface area contributed by atoms with Crippen molar-refractivity contribution in [1.29, 1.82) is 0 Å². The second-order valence-electron chi connectivity index (χ2n) is 5.05. The van der Waals surface area contributed by atoms with Crippen LogP contribution in [0.4, 0.5) is 5.82 Å². The van der Waals surface area contributed by atoms with Crippen LogP contribution in [0, 0.1) is 6.92 Å². The number of pyridine rings is 1. The number of hydrogen-bond acceptors (Lipinski definition) is 6. The Labute approximate surface area is 123 Å². The summed E-state index contributed by atoms with van der Waals surface area (Å²) >= 11 is 0. The van der Waals surface area contributed by atoms with Crippen molar-refractivity contribution in [2.45, 2.75) is 19.1 Å². The lowest BCUT2D eigenvalue weighted by atomic mass is 10.0. The Hall–Kier alpha value is -2.31. The van der Waals surface area contributed by atoms with Gasteiger partial charge in [-0.1, -0.05) is 12.1 Å². The van der Waals surface area contributed by atoms with Crippen molar-refractivity contribution in [1.82, 2.24) is 10.4 Å². The van der Waals surface area contributed by atoms with E-state index >= 15 is 0 Å². The van der Waals surface area contributed by atoms with Crippen LogP contribution in [0.1, 0.15) is 17.2 Å². The number of nitrogens with two attached hydrogens (primary N) is 2. The standard InChI is InChI=1S/C15H18N4O2/c1-9-6-10(15(16)18-7-9)14(19-17)13-8-20-11-4-2-3-5-12(11)21-13/h2-7,13-14,19H,8,17H2,1H3,(H2,16,18). The molecule has 0 radical (unpaired) electrons. The molecule has 1 aliphatic heterocycles. The van der Waals surface area contributed by atoms with Crippen LogP contribution in [0.3, 0.4) is 0 Å². The highest BCUT2D eigenvalue weighted by atomic mass is 16.6. The summed E-state index contributed by atoms with van der Waals surface area (Å²) < 4.78 is 11.7. The van der Waals surface area contributed by atoms with Crippen LogP contribution < -0.4 is 26.5 Å². The molecule has 2 atom stereocenters. The number of hydrogen-bond donors (Lipinski definition) is 3. The molecule has 1 aromatic heterocycles. The summed E-state index contributed by atoms with van der Waals surface area (Å²) in [6, 6.07) is 9.20. The van der Waals surface area contributed by atoms with Gasteiger partial charge in [0.05, 0.1) is 6.04 Å². The Morgan fingerprint density at radius 1 is 1.33 bits per heavy atom. The molecule has 0 aliphatic carbocycles. The van der Waals surface area contributed by atoms with Gasteiger partial charge in [-0.05, 0) is 30.7 Å². The number of hydrazine groups is 1. The normalized spacial score (nSPS) is 18.3. The minimum atomic E-state index is -0.300. The summed E-state index contributed by atoms with van der Waals surface area (Å²) in [4.78, 5) is 4.17. The average Bonchev–Trinajstić information content (AvgIpc) is 2.51. The van der Waals surface area contributed by atoms with Gasteiger partial charge >= 0.3 is 0 Å². The van der Waals surface area contributed by atoms with Gasteiger partial charge in [0.25, 0.3) is 0 Å². The number of para-hydroxylation sites is 2. The number of nitrogen functional groups attached to an aromatic ring is 1. The first-order valence-electron chi connectivity index (χ1n) is 6.75. The van der Waals surface area contributed by atoms with E-state index in [2.05, 4.69) is 10.4 Å². The first-order chi connectivity index (χ1) is 10.2. The van der Waals surface area contributed by atoms with E-state index in [1.807, 2.05) is 37.3 Å². The fraction of sp³-hybridized carbons (Fsp3) is 0.267. The number of anilines is 1. The molecule has 0 saturated heterocycles. The monoisotopic (exact) mass is 286 g/mol. The zero-order chi connectivity index (χ0) is 14.8. The number of aromatic nitrogens is 1. The molecular formula is C15H18N4O2. The fourth-order valence-electron chi connectivity index (χ4n) is 2.45. The minimum absolute atomic E-state index is 0.282. The molecule has 21 heavy (non-hydrogen) atoms. The van der Waals surface area contributed by atoms with E-state index < -0.39 is 0 Å². The van der Waals surface area contributed by atoms with Crippen molar-refractivity contribution in [3.63, 3.8) is 0 Å². The Balaban J connectivity index is 1.90. The van der Waals surface area contributed by atoms with Gasteiger partial charge < -0.3 is 15.2 Å². The lowest BCUT2D eigenvalue weighted by molar-refractivity contribution is 0.0618. The third kappa shape index (κ3) is 2.63. The Kier molecular flexibility index (Phi) is 3.64. The van der Waals surface area contributed by atoms with Gasteiger partial charge in [-0.2, -0.15) is 0 Å². The number of rotatable bonds is 3. The van der Waals surface area contributed by atoms with Gasteiger partial charge in [-0.25, -0.2) is 10.4 Å². The Morgan fingerprint density at radius 2 is 2.10 bits per heavy atom. The van der Waals surface area contributed by atoms with E-state index in [1.54, 1.807) is 6.20 Å². The molecule has 2 aromatic rings. The van der Waals surface area contributed by atoms with Crippen molar-refractivity contribution >= 4 is 5.82 Å². The summed E-state index contributed by atoms with van der Waals surface area (Å²) in [7, 11) is 0. The lowest BCUT2D eigenvalue weighted by Gasteiger charge is -2.32. The third-order valence-electron chi connectivity index (χ3n) is 3.50. The number of fused-ring (bicyclic) bond motifs is 1. The van der Waals surface area contributed by atoms with E-state index in [0.717, 1.165) is 16.9 Å². The molecule has 0 amide bonds. The maximum absolute atomic E-state index is 5.98. The molecule has 6 nitrogen and oxygen atoms in total. The second kappa shape index (κ2) is 5.59. The van der Waals surface area contributed by atoms with Crippen molar-refractivity contribution < 1.29 is 9.47 Å². The number of ether oxygens (including phenoxy) is 2. The SMILES string of the molecule is Cc1cnc(N)c(C(NN)C2COc3ccccc3O2)c1. The van der Waals surface area contributed by atoms with Gasteiger partial charge in [0.1, 0.15) is 12.4 Å². The largest absolute Gasteiger partial charge is 0.486 e. The van der Waals surface area contributed by atoms with E-state index in [1.165, 1.54) is 0 Å². The van der Waals surface area contributed by atoms with Crippen LogP contribution in [0.15, 0.2) is 36.5 Å². The molecule has 3 rings (SSSR count). The molecule has 110 valence electrons. The van der Waals surface area contributed by atoms with Crippen molar-refractivity contribution in [2.24, 2.45) is 5.84 Å². The molecule has 5 N–H and O–H groups in total. The van der Waals surface area contributed by atoms with Crippen molar-refractivity contribution in [3.05, 3.63) is 47.7 Å². The van der Waals surface area contributed by atoms with Crippen LogP contribution in [-0.4, -0.2) is 17.7 Å². The van der Waals surface area contributed by atoms with Crippen molar-refractivity contribution in [2.75, 3.05) is 12.3 Å². The quantitative estimate of drug-likeness (QED) is 0.582. The average molecular weight is 286 g/mol. The molecule has 1 aromatic carbocycles. The molecule has 0 saturated carbocycles. The van der Waals surface area contributed by atoms with Crippen LogP contribution in [0.2, 0.25) is 0 Å². The third-order valence-corrected chi connectivity index (χ3v) is 3.50. The summed E-state index contributed by atoms with van der Waals surface area (Å²) in [5.74, 6) is 7.58. The van der Waals surface area contributed by atoms with Gasteiger partial charge in [0.15, 0.2) is 17.6 Å². The zero-order valence-corrected chi connectivity index (χ0v) is 11.7. The maximum Gasteiger partial charge on any atom is 0.161 e. The highest BCUT2D eigenvalue weighted by molar-refractivity contribution is 5.45. The first-order valence-corrected chi connectivity index (χ1v) is 6.75. The number of benzene rings is 1. The van der Waals surface area contributed by atoms with Gasteiger partial charge in [0.2, 0.25) is 0 Å². The van der Waals surface area contributed by atoms with E-state index in [9.17, 15) is 0 Å². The number of aryl methyl sites for hydroxylation is 1. The predicted molar refractivity (Wildman–Crippen MR) is 79.8 cm³/mol. The lowest BCUT2D eigenvalue weighted by Crippen LogP contribution is -2.44. The molecule has 1 aliphatic rings. The Morgan fingerprint density at radius 3 is 2.86 bits per heavy atom. The molecule has 0 bridgehead atoms. The van der Waals surface area contributed by atoms with E-state index in [-0.39, 0.29) is 12.1 Å². The number of nitrogens with one attached hydrogen (secondary N) is 1. The molecule has 2 unspecified atom stereocenters. The maximum atomic E-state index is 5.98. The molecule has 2 heterocycles. The topological polar surface area (TPSA) is 95.4 Å². The first kappa shape index (κ1) is 13.7. The van der Waals surface area contributed by atoms with E-state index in [0.29, 0.717) is 18.2 Å². The van der Waals surface area contributed by atoms with Gasteiger partial charge in [-0.15, -0.1) is 0 Å². The highest BCUT2D eigenvalue weighted by Crippen LogP contribution is 2.35. The highest BCUT2D eigenvalue weighted by Gasteiger charge is 2.31. The number of nitrogens with zero attached hydrogens (tertiary/aromatic N) is 1. The van der Waals surface area contributed by atoms with Crippen LogP contribution in [0.25, 0.3) is 0 Å². The zero-order valence-electron chi connectivity index (χ0n) is 11.7. The molecule has 0 spiro atoms. The molecule has 0 fully saturated rings. The predicted octanol–water partition coefficient (Wildman–Crippen LogP) is 1.32. The molecule has 6 heteroatoms. The second-order valence-corrected chi connectivity index (χ2v) is 5.05. The summed E-state index contributed by atoms with van der Waals surface area (Å²) in [6.45, 7) is 2.34. The van der Waals surface area contributed by atoms with Gasteiger partial charge in [-0.3, -0.25) is 5.84 Å². The summed E-state index contributed by atoms with van der Waals surface area (Å²) in [6.07, 6.45) is 1.44. The summed E-state index contributed by atoms with van der Waals surface area (Å²) in [5, 5.41) is 0. The fourth-order valence-corrected chi connectivity index (χ4v) is 2.45. The van der Waals surface area contributed by atoms with Crippen LogP contribution >= 0.6 is 0 Å². The van der Waals surface area contributed by atoms with Crippen LogP contribution in [-0.2, 0) is 0 Å².